The van der Waals surface area contributed by atoms with E-state index in [1.807, 2.05) is 7.05 Å². The van der Waals surface area contributed by atoms with Crippen LogP contribution in [0.1, 0.15) is 38.5 Å². The SMILES string of the molecule is CNC1CCC2(CCCO2)CC1N1CC[C@H](F)C1. The Bertz CT molecular complexity index is 294. The summed E-state index contributed by atoms with van der Waals surface area (Å²) in [5, 5.41) is 3.43. The summed E-state index contributed by atoms with van der Waals surface area (Å²) in [5.41, 5.74) is 0.117. The fourth-order valence-corrected chi connectivity index (χ4v) is 4.11. The normalized spacial score (nSPS) is 46.0. The molecule has 3 fully saturated rings. The van der Waals surface area contributed by atoms with Crippen molar-refractivity contribution in [2.24, 2.45) is 0 Å². The summed E-state index contributed by atoms with van der Waals surface area (Å²) in [4.78, 5) is 2.36. The summed E-state index contributed by atoms with van der Waals surface area (Å²) >= 11 is 0. The molecule has 3 aliphatic rings. The van der Waals surface area contributed by atoms with Gasteiger partial charge in [0.1, 0.15) is 6.17 Å². The highest BCUT2D eigenvalue weighted by atomic mass is 19.1. The Balaban J connectivity index is 1.71. The largest absolute Gasteiger partial charge is 0.375 e. The molecule has 18 heavy (non-hydrogen) atoms. The van der Waals surface area contributed by atoms with Crippen LogP contribution in [0.2, 0.25) is 0 Å². The number of rotatable bonds is 2. The standard InChI is InChI=1S/C14H25FN2O/c1-16-12-3-6-14(5-2-8-18-14)9-13(12)17-7-4-11(15)10-17/h11-13,16H,2-10H2,1H3/t11-,12?,13?,14?/m0/s1. The zero-order valence-electron chi connectivity index (χ0n) is 11.3. The predicted octanol–water partition coefficient (Wildman–Crippen LogP) is 1.72. The Hall–Kier alpha value is -0.190. The van der Waals surface area contributed by atoms with Gasteiger partial charge in [0, 0.05) is 31.8 Å². The maximum Gasteiger partial charge on any atom is 0.114 e. The van der Waals surface area contributed by atoms with E-state index in [1.54, 1.807) is 0 Å². The Morgan fingerprint density at radius 1 is 1.33 bits per heavy atom. The molecule has 0 aromatic rings. The zero-order chi connectivity index (χ0) is 12.6. The molecule has 0 radical (unpaired) electrons. The van der Waals surface area contributed by atoms with Crippen LogP contribution in [0.25, 0.3) is 0 Å². The van der Waals surface area contributed by atoms with Crippen LogP contribution in [0.3, 0.4) is 0 Å². The molecule has 1 aliphatic carbocycles. The molecule has 2 aliphatic heterocycles. The second-order valence-corrected chi connectivity index (χ2v) is 6.22. The molecule has 3 unspecified atom stereocenters. The van der Waals surface area contributed by atoms with Crippen molar-refractivity contribution in [3.05, 3.63) is 0 Å². The Morgan fingerprint density at radius 3 is 2.83 bits per heavy atom. The van der Waals surface area contributed by atoms with Crippen molar-refractivity contribution >= 4 is 0 Å². The highest BCUT2D eigenvalue weighted by molar-refractivity contribution is 5.01. The molecule has 104 valence electrons. The van der Waals surface area contributed by atoms with E-state index in [-0.39, 0.29) is 5.60 Å². The maximum atomic E-state index is 13.4. The van der Waals surface area contributed by atoms with E-state index in [1.165, 1.54) is 19.3 Å². The number of alkyl halides is 1. The van der Waals surface area contributed by atoms with Crippen molar-refractivity contribution in [2.45, 2.75) is 62.4 Å². The topological polar surface area (TPSA) is 24.5 Å². The van der Waals surface area contributed by atoms with Crippen molar-refractivity contribution in [1.29, 1.82) is 0 Å². The third-order valence-corrected chi connectivity index (χ3v) is 5.14. The van der Waals surface area contributed by atoms with Gasteiger partial charge in [0.15, 0.2) is 0 Å². The molecule has 1 N–H and O–H groups in total. The molecule has 0 aromatic carbocycles. The van der Waals surface area contributed by atoms with E-state index < -0.39 is 6.17 Å². The monoisotopic (exact) mass is 256 g/mol. The Morgan fingerprint density at radius 2 is 2.22 bits per heavy atom. The van der Waals surface area contributed by atoms with Gasteiger partial charge < -0.3 is 10.1 Å². The van der Waals surface area contributed by atoms with Crippen LogP contribution in [0, 0.1) is 0 Å². The van der Waals surface area contributed by atoms with Crippen LogP contribution in [-0.2, 0) is 4.74 Å². The minimum Gasteiger partial charge on any atom is -0.375 e. The van der Waals surface area contributed by atoms with Crippen LogP contribution in [-0.4, -0.2) is 55.5 Å². The van der Waals surface area contributed by atoms with Gasteiger partial charge in [0.05, 0.1) is 5.60 Å². The number of nitrogens with one attached hydrogen (secondary N) is 1. The molecule has 3 rings (SSSR count). The molecule has 2 saturated heterocycles. The summed E-state index contributed by atoms with van der Waals surface area (Å²) in [6.45, 7) is 2.46. The summed E-state index contributed by atoms with van der Waals surface area (Å²) in [7, 11) is 2.04. The van der Waals surface area contributed by atoms with E-state index in [4.69, 9.17) is 4.74 Å². The van der Waals surface area contributed by atoms with Gasteiger partial charge in [0.25, 0.3) is 0 Å². The summed E-state index contributed by atoms with van der Waals surface area (Å²) < 4.78 is 19.5. The molecule has 0 aromatic heterocycles. The molecule has 4 atom stereocenters. The first kappa shape index (κ1) is 12.8. The van der Waals surface area contributed by atoms with Crippen LogP contribution in [0.4, 0.5) is 4.39 Å². The van der Waals surface area contributed by atoms with Crippen molar-refractivity contribution in [2.75, 3.05) is 26.7 Å². The van der Waals surface area contributed by atoms with Crippen molar-refractivity contribution < 1.29 is 9.13 Å². The lowest BCUT2D eigenvalue weighted by Gasteiger charge is -2.45. The third-order valence-electron chi connectivity index (χ3n) is 5.14. The molecule has 4 heteroatoms. The smallest absolute Gasteiger partial charge is 0.114 e. The molecule has 2 heterocycles. The number of nitrogens with zero attached hydrogens (tertiary/aromatic N) is 1. The predicted molar refractivity (Wildman–Crippen MR) is 69.5 cm³/mol. The second kappa shape index (κ2) is 5.06. The second-order valence-electron chi connectivity index (χ2n) is 6.22. The average molecular weight is 256 g/mol. The fraction of sp³-hybridized carbons (Fsp3) is 1.00. The van der Waals surface area contributed by atoms with E-state index in [2.05, 4.69) is 10.2 Å². The third kappa shape index (κ3) is 2.30. The van der Waals surface area contributed by atoms with E-state index in [9.17, 15) is 4.39 Å². The minimum absolute atomic E-state index is 0.117. The van der Waals surface area contributed by atoms with Crippen LogP contribution < -0.4 is 5.32 Å². The first-order valence-electron chi connectivity index (χ1n) is 7.42. The van der Waals surface area contributed by atoms with Crippen molar-refractivity contribution in [1.82, 2.24) is 10.2 Å². The minimum atomic E-state index is -0.620. The number of likely N-dealkylation sites (N-methyl/N-ethyl adjacent to an activating group) is 1. The molecule has 0 bridgehead atoms. The fourth-order valence-electron chi connectivity index (χ4n) is 4.11. The molecular weight excluding hydrogens is 231 g/mol. The van der Waals surface area contributed by atoms with Gasteiger partial charge in [-0.15, -0.1) is 0 Å². The highest BCUT2D eigenvalue weighted by Gasteiger charge is 2.46. The number of halogens is 1. The number of hydrogen-bond donors (Lipinski definition) is 1. The quantitative estimate of drug-likeness (QED) is 0.814. The molecule has 0 amide bonds. The lowest BCUT2D eigenvalue weighted by molar-refractivity contribution is -0.0573. The van der Waals surface area contributed by atoms with Crippen LogP contribution >= 0.6 is 0 Å². The molecule has 3 nitrogen and oxygen atoms in total. The summed E-state index contributed by atoms with van der Waals surface area (Å²) in [6.07, 6.45) is 5.91. The van der Waals surface area contributed by atoms with Gasteiger partial charge >= 0.3 is 0 Å². The number of ether oxygens (including phenoxy) is 1. The molecular formula is C14H25FN2O. The van der Waals surface area contributed by atoms with Crippen LogP contribution in [0.15, 0.2) is 0 Å². The lowest BCUT2D eigenvalue weighted by Crippen LogP contribution is -2.56. The first-order chi connectivity index (χ1) is 8.72. The Kier molecular flexibility index (Phi) is 3.61. The van der Waals surface area contributed by atoms with Gasteiger partial charge in [-0.1, -0.05) is 0 Å². The van der Waals surface area contributed by atoms with Crippen molar-refractivity contribution in [3.8, 4) is 0 Å². The number of likely N-dealkylation sites (tertiary alicyclic amines) is 1. The van der Waals surface area contributed by atoms with Crippen molar-refractivity contribution in [3.63, 3.8) is 0 Å². The van der Waals surface area contributed by atoms with E-state index in [0.717, 1.165) is 26.0 Å². The van der Waals surface area contributed by atoms with Gasteiger partial charge in [-0.25, -0.2) is 4.39 Å². The van der Waals surface area contributed by atoms with E-state index in [0.29, 0.717) is 25.0 Å². The Labute approximate surface area is 109 Å². The van der Waals surface area contributed by atoms with Crippen LogP contribution in [0.5, 0.6) is 0 Å². The van der Waals surface area contributed by atoms with Gasteiger partial charge in [-0.2, -0.15) is 0 Å². The first-order valence-corrected chi connectivity index (χ1v) is 7.42. The molecule has 1 spiro atoms. The van der Waals surface area contributed by atoms with Gasteiger partial charge in [-0.05, 0) is 45.6 Å². The van der Waals surface area contributed by atoms with E-state index >= 15 is 0 Å². The van der Waals surface area contributed by atoms with Gasteiger partial charge in [-0.3, -0.25) is 4.90 Å². The summed E-state index contributed by atoms with van der Waals surface area (Å²) in [6, 6.07) is 0.965. The summed E-state index contributed by atoms with van der Waals surface area (Å²) in [5.74, 6) is 0. The zero-order valence-corrected chi connectivity index (χ0v) is 11.3. The number of hydrogen-bond acceptors (Lipinski definition) is 3. The maximum absolute atomic E-state index is 13.4. The average Bonchev–Trinajstić information content (AvgIpc) is 2.99. The van der Waals surface area contributed by atoms with Gasteiger partial charge in [0.2, 0.25) is 0 Å². The highest BCUT2D eigenvalue weighted by Crippen LogP contribution is 2.41. The lowest BCUT2D eigenvalue weighted by atomic mass is 9.77. The molecule has 1 saturated carbocycles.